The van der Waals surface area contributed by atoms with E-state index in [1.54, 1.807) is 0 Å². The van der Waals surface area contributed by atoms with E-state index in [1.807, 2.05) is 6.92 Å². The fourth-order valence-electron chi connectivity index (χ4n) is 0.0830. The number of rotatable bonds is 3. The summed E-state index contributed by atoms with van der Waals surface area (Å²) in [5, 5.41) is 0. The Balaban J connectivity index is 2.49. The zero-order valence-electron chi connectivity index (χ0n) is 3.43. The molecule has 0 saturated carbocycles. The largest absolute Gasteiger partial charge is 0.308 e. The monoisotopic (exact) mass is 105 g/mol. The lowest BCUT2D eigenvalue weighted by atomic mass is 10.9. The molecular formula is C3H5O2S. The van der Waals surface area contributed by atoms with Gasteiger partial charge in [0.25, 0.3) is 5.62 Å². The van der Waals surface area contributed by atoms with Crippen LogP contribution in [0.3, 0.4) is 0 Å². The van der Waals surface area contributed by atoms with Crippen LogP contribution < -0.4 is 0 Å². The summed E-state index contributed by atoms with van der Waals surface area (Å²) in [4.78, 5) is 9.28. The van der Waals surface area contributed by atoms with Gasteiger partial charge in [0, 0.05) is 0 Å². The van der Waals surface area contributed by atoms with Crippen molar-refractivity contribution in [3.8, 4) is 0 Å². The van der Waals surface area contributed by atoms with E-state index in [-0.39, 0.29) is 0 Å². The Morgan fingerprint density at radius 2 is 2.67 bits per heavy atom. The number of hydrogen-bond donors (Lipinski definition) is 0. The first kappa shape index (κ1) is 5.98. The smallest absolute Gasteiger partial charge is 0.295 e. The molecule has 0 aromatic rings. The topological polar surface area (TPSA) is 26.3 Å². The molecule has 0 fully saturated rings. The van der Waals surface area contributed by atoms with Crippen molar-refractivity contribution >= 4 is 17.7 Å². The van der Waals surface area contributed by atoms with Crippen LogP contribution in [0.1, 0.15) is 6.92 Å². The summed E-state index contributed by atoms with van der Waals surface area (Å²) < 4.78 is 4.48. The van der Waals surface area contributed by atoms with Crippen molar-refractivity contribution < 1.29 is 8.98 Å². The molecule has 35 valence electrons. The van der Waals surface area contributed by atoms with Gasteiger partial charge in [-0.15, -0.1) is 0 Å². The van der Waals surface area contributed by atoms with Crippen LogP contribution in [-0.4, -0.2) is 12.2 Å². The van der Waals surface area contributed by atoms with Crippen LogP contribution in [0.25, 0.3) is 0 Å². The third-order valence-electron chi connectivity index (χ3n) is 0.211. The first-order chi connectivity index (χ1) is 2.91. The fraction of sp³-hybridized carbons (Fsp3) is 0.667. The molecule has 0 aromatic carbocycles. The van der Waals surface area contributed by atoms with E-state index in [1.165, 1.54) is 5.62 Å². The lowest BCUT2D eigenvalue weighted by Gasteiger charge is -1.82. The van der Waals surface area contributed by atoms with E-state index in [0.717, 1.165) is 0 Å². The highest BCUT2D eigenvalue weighted by Crippen LogP contribution is 1.91. The summed E-state index contributed by atoms with van der Waals surface area (Å²) in [7, 11) is 0. The van der Waals surface area contributed by atoms with E-state index in [4.69, 9.17) is 0 Å². The van der Waals surface area contributed by atoms with Crippen molar-refractivity contribution in [1.29, 1.82) is 0 Å². The van der Waals surface area contributed by atoms with Crippen LogP contribution in [-0.2, 0) is 8.98 Å². The van der Waals surface area contributed by atoms with E-state index in [9.17, 15) is 4.79 Å². The lowest BCUT2D eigenvalue weighted by molar-refractivity contribution is 0.405. The van der Waals surface area contributed by atoms with Gasteiger partial charge in [-0.2, -0.15) is 0 Å². The molecule has 2 nitrogen and oxygen atoms in total. The van der Waals surface area contributed by atoms with Crippen LogP contribution in [0.4, 0.5) is 0 Å². The minimum absolute atomic E-state index is 0.555. The normalized spacial score (nSPS) is 8.17. The van der Waals surface area contributed by atoms with Gasteiger partial charge in [-0.05, 0) is 6.92 Å². The van der Waals surface area contributed by atoms with Crippen molar-refractivity contribution in [3.05, 3.63) is 0 Å². The summed E-state index contributed by atoms with van der Waals surface area (Å²) in [6.07, 6.45) is 0. The van der Waals surface area contributed by atoms with Gasteiger partial charge in [0.15, 0.2) is 0 Å². The standard InChI is InChI=1S/C3H5O2S/c1-2-5-6-3-4/h2H2,1H3. The Hall–Kier alpha value is -0.0200. The minimum atomic E-state index is 0.555. The maximum absolute atomic E-state index is 9.28. The maximum atomic E-state index is 9.28. The summed E-state index contributed by atoms with van der Waals surface area (Å²) in [5.74, 6) is 0. The van der Waals surface area contributed by atoms with E-state index < -0.39 is 0 Å². The molecule has 3 heteroatoms. The van der Waals surface area contributed by atoms with Gasteiger partial charge in [-0.3, -0.25) is 4.79 Å². The Morgan fingerprint density at radius 1 is 2.00 bits per heavy atom. The number of hydrogen-bond acceptors (Lipinski definition) is 3. The van der Waals surface area contributed by atoms with E-state index in [2.05, 4.69) is 4.18 Å². The SMILES string of the molecule is CCOS[C]=O. The summed E-state index contributed by atoms with van der Waals surface area (Å²) >= 11 is 0.703. The zero-order valence-corrected chi connectivity index (χ0v) is 4.25. The molecular weight excluding hydrogens is 100 g/mol. The Morgan fingerprint density at radius 3 is 2.83 bits per heavy atom. The van der Waals surface area contributed by atoms with Crippen molar-refractivity contribution in [3.63, 3.8) is 0 Å². The summed E-state index contributed by atoms with van der Waals surface area (Å²) in [6, 6.07) is 0. The van der Waals surface area contributed by atoms with E-state index >= 15 is 0 Å². The van der Waals surface area contributed by atoms with Gasteiger partial charge in [-0.25, -0.2) is 0 Å². The molecule has 0 amide bonds. The maximum Gasteiger partial charge on any atom is 0.295 e. The van der Waals surface area contributed by atoms with Gasteiger partial charge in [-0.1, -0.05) is 0 Å². The minimum Gasteiger partial charge on any atom is -0.308 e. The first-order valence-electron chi connectivity index (χ1n) is 1.57. The second-order valence-electron chi connectivity index (χ2n) is 0.573. The highest BCUT2D eigenvalue weighted by molar-refractivity contribution is 8.07. The summed E-state index contributed by atoms with van der Waals surface area (Å²) in [5.41, 5.74) is 1.51. The molecule has 0 aliphatic rings. The third kappa shape index (κ3) is 3.98. The molecule has 6 heavy (non-hydrogen) atoms. The molecule has 0 atom stereocenters. The lowest BCUT2D eigenvalue weighted by Crippen LogP contribution is -1.73. The van der Waals surface area contributed by atoms with Crippen molar-refractivity contribution in [2.75, 3.05) is 6.61 Å². The van der Waals surface area contributed by atoms with Crippen molar-refractivity contribution in [2.45, 2.75) is 6.92 Å². The Kier molecular flexibility index (Phi) is 4.96. The quantitative estimate of drug-likeness (QED) is 0.391. The molecule has 0 rings (SSSR count). The molecule has 0 aromatic heterocycles. The molecule has 0 N–H and O–H groups in total. The van der Waals surface area contributed by atoms with Gasteiger partial charge in [0.05, 0.1) is 18.6 Å². The van der Waals surface area contributed by atoms with Crippen molar-refractivity contribution in [1.82, 2.24) is 0 Å². The predicted octanol–water partition coefficient (Wildman–Crippen LogP) is 0.738. The van der Waals surface area contributed by atoms with Gasteiger partial charge in [0.1, 0.15) is 0 Å². The molecule has 0 spiro atoms. The second kappa shape index (κ2) is 4.98. The molecule has 0 unspecified atom stereocenters. The molecule has 0 bridgehead atoms. The second-order valence-corrected chi connectivity index (χ2v) is 1.14. The van der Waals surface area contributed by atoms with E-state index in [0.29, 0.717) is 18.6 Å². The van der Waals surface area contributed by atoms with Crippen molar-refractivity contribution in [2.24, 2.45) is 0 Å². The zero-order chi connectivity index (χ0) is 4.83. The molecule has 0 aliphatic carbocycles. The highest BCUT2D eigenvalue weighted by Gasteiger charge is 1.75. The van der Waals surface area contributed by atoms with Crippen LogP contribution in [0.15, 0.2) is 0 Å². The molecule has 1 radical (unpaired) electrons. The van der Waals surface area contributed by atoms with Crippen LogP contribution >= 0.6 is 12.0 Å². The van der Waals surface area contributed by atoms with Crippen LogP contribution in [0, 0.1) is 0 Å². The van der Waals surface area contributed by atoms with Crippen LogP contribution in [0.5, 0.6) is 0 Å². The Bertz CT molecular complexity index is 37.8. The average molecular weight is 105 g/mol. The summed E-state index contributed by atoms with van der Waals surface area (Å²) in [6.45, 7) is 2.37. The predicted molar refractivity (Wildman–Crippen MR) is 24.9 cm³/mol. The highest BCUT2D eigenvalue weighted by atomic mass is 32.2. The van der Waals surface area contributed by atoms with Gasteiger partial charge >= 0.3 is 0 Å². The first-order valence-corrected chi connectivity index (χ1v) is 2.31. The van der Waals surface area contributed by atoms with Gasteiger partial charge < -0.3 is 4.18 Å². The fourth-order valence-corrected chi connectivity index (χ4v) is 0.249. The molecule has 0 saturated heterocycles. The molecule has 0 heterocycles. The number of carbonyl (C=O) groups excluding carboxylic acids is 1. The third-order valence-corrected chi connectivity index (χ3v) is 0.632. The van der Waals surface area contributed by atoms with Crippen LogP contribution in [0.2, 0.25) is 0 Å². The average Bonchev–Trinajstić information content (AvgIpc) is 1.61. The van der Waals surface area contributed by atoms with Gasteiger partial charge in [0.2, 0.25) is 0 Å². The Labute approximate surface area is 41.1 Å². The molecule has 0 aliphatic heterocycles.